The third-order valence-electron chi connectivity index (χ3n) is 6.21. The number of para-hydroxylation sites is 2. The molecule has 3 heterocycles. The van der Waals surface area contributed by atoms with Crippen molar-refractivity contribution in [3.05, 3.63) is 80.8 Å². The summed E-state index contributed by atoms with van der Waals surface area (Å²) in [4.78, 5) is 34.4. The van der Waals surface area contributed by atoms with Gasteiger partial charge in [-0.1, -0.05) is 42.5 Å². The van der Waals surface area contributed by atoms with Crippen molar-refractivity contribution >= 4 is 27.9 Å². The summed E-state index contributed by atoms with van der Waals surface area (Å²) >= 11 is 1.49. The minimum Gasteiger partial charge on any atom is -0.495 e. The number of hydrogen-bond acceptors (Lipinski definition) is 6. The van der Waals surface area contributed by atoms with Gasteiger partial charge in [-0.05, 0) is 17.7 Å². The van der Waals surface area contributed by atoms with Gasteiger partial charge in [-0.15, -0.1) is 11.3 Å². The van der Waals surface area contributed by atoms with Crippen LogP contribution in [0.5, 0.6) is 5.75 Å². The Bertz CT molecular complexity index is 1370. The molecule has 1 N–H and O–H groups in total. The number of nitrogens with one attached hydrogen (secondary N) is 1. The average molecular weight is 463 g/mol. The molecular weight excluding hydrogens is 436 g/mol. The lowest BCUT2D eigenvalue weighted by atomic mass is 10.1. The number of thiophene rings is 1. The summed E-state index contributed by atoms with van der Waals surface area (Å²) in [6.07, 6.45) is 0. The maximum absolute atomic E-state index is 13.3. The predicted molar refractivity (Wildman–Crippen MR) is 134 cm³/mol. The van der Waals surface area contributed by atoms with E-state index in [0.29, 0.717) is 24.0 Å². The van der Waals surface area contributed by atoms with Gasteiger partial charge >= 0.3 is 5.69 Å². The smallest absolute Gasteiger partial charge is 0.328 e. The van der Waals surface area contributed by atoms with Gasteiger partial charge in [0.25, 0.3) is 5.56 Å². The molecule has 33 heavy (non-hydrogen) atoms. The molecule has 5 rings (SSSR count). The molecule has 7 nitrogen and oxygen atoms in total. The van der Waals surface area contributed by atoms with Gasteiger partial charge in [-0.3, -0.25) is 14.3 Å². The fourth-order valence-electron chi connectivity index (χ4n) is 4.42. The number of rotatable bonds is 6. The normalized spacial score (nSPS) is 14.6. The van der Waals surface area contributed by atoms with E-state index in [9.17, 15) is 9.59 Å². The van der Waals surface area contributed by atoms with Crippen LogP contribution in [0.25, 0.3) is 21.3 Å². The largest absolute Gasteiger partial charge is 0.495 e. The molecule has 0 spiro atoms. The van der Waals surface area contributed by atoms with Crippen LogP contribution < -0.4 is 20.9 Å². The molecule has 0 aliphatic carbocycles. The molecule has 0 bridgehead atoms. The van der Waals surface area contributed by atoms with E-state index >= 15 is 0 Å². The van der Waals surface area contributed by atoms with Crippen LogP contribution in [0.15, 0.2) is 69.6 Å². The second-order valence-corrected chi connectivity index (χ2v) is 8.99. The van der Waals surface area contributed by atoms with Gasteiger partial charge in [0.05, 0.1) is 23.7 Å². The molecule has 1 saturated heterocycles. The summed E-state index contributed by atoms with van der Waals surface area (Å²) in [7, 11) is 1.69. The molecule has 1 aliphatic rings. The van der Waals surface area contributed by atoms with Gasteiger partial charge in [0.2, 0.25) is 0 Å². The Kier molecular flexibility index (Phi) is 6.02. The standard InChI is InChI=1S/C25H26N4O3S/c1-32-21-10-6-5-9-20(21)28-14-11-27(12-15-28)13-16-29-24(30)22-19(26-25(29)31)17-33-23(22)18-7-3-2-4-8-18/h2-10,17H,11-16H2,1H3,(H,26,31). The van der Waals surface area contributed by atoms with Crippen molar-refractivity contribution in [2.24, 2.45) is 0 Å². The zero-order valence-corrected chi connectivity index (χ0v) is 19.3. The number of nitrogens with zero attached hydrogens (tertiary/aromatic N) is 3. The third kappa shape index (κ3) is 4.19. The number of aromatic amines is 1. The number of aromatic nitrogens is 2. The number of benzene rings is 2. The molecule has 8 heteroatoms. The first kappa shape index (κ1) is 21.5. The summed E-state index contributed by atoms with van der Waals surface area (Å²) in [5.74, 6) is 0.877. The van der Waals surface area contributed by atoms with E-state index in [0.717, 1.165) is 48.1 Å². The zero-order valence-electron chi connectivity index (χ0n) is 18.5. The van der Waals surface area contributed by atoms with E-state index < -0.39 is 0 Å². The van der Waals surface area contributed by atoms with Crippen molar-refractivity contribution in [2.75, 3.05) is 44.7 Å². The molecule has 0 saturated carbocycles. The van der Waals surface area contributed by atoms with Crippen LogP contribution in [-0.2, 0) is 6.54 Å². The highest BCUT2D eigenvalue weighted by Crippen LogP contribution is 2.31. The first-order valence-corrected chi connectivity index (χ1v) is 11.9. The molecular formula is C25H26N4O3S. The van der Waals surface area contributed by atoms with Crippen LogP contribution in [-0.4, -0.2) is 54.3 Å². The van der Waals surface area contributed by atoms with E-state index in [1.807, 2.05) is 53.9 Å². The van der Waals surface area contributed by atoms with Gasteiger partial charge in [-0.25, -0.2) is 4.79 Å². The summed E-state index contributed by atoms with van der Waals surface area (Å²) in [5.41, 5.74) is 2.12. The highest BCUT2D eigenvalue weighted by atomic mass is 32.1. The Balaban J connectivity index is 1.31. The lowest BCUT2D eigenvalue weighted by Gasteiger charge is -2.36. The number of anilines is 1. The van der Waals surface area contributed by atoms with Crippen molar-refractivity contribution in [2.45, 2.75) is 6.54 Å². The Morgan fingerprint density at radius 1 is 0.939 bits per heavy atom. The number of fused-ring (bicyclic) bond motifs is 1. The maximum atomic E-state index is 13.3. The lowest BCUT2D eigenvalue weighted by Crippen LogP contribution is -2.48. The monoisotopic (exact) mass is 462 g/mol. The summed E-state index contributed by atoms with van der Waals surface area (Å²) < 4.78 is 6.84. The van der Waals surface area contributed by atoms with E-state index in [1.54, 1.807) is 7.11 Å². The highest BCUT2D eigenvalue weighted by Gasteiger charge is 2.20. The third-order valence-corrected chi connectivity index (χ3v) is 7.24. The predicted octanol–water partition coefficient (Wildman–Crippen LogP) is 3.25. The van der Waals surface area contributed by atoms with Gasteiger partial charge in [0, 0.05) is 49.5 Å². The van der Waals surface area contributed by atoms with Gasteiger partial charge in [0.1, 0.15) is 5.75 Å². The molecule has 170 valence electrons. The second kappa shape index (κ2) is 9.25. The quantitative estimate of drug-likeness (QED) is 0.476. The number of methoxy groups -OCH3 is 1. The fraction of sp³-hybridized carbons (Fsp3) is 0.280. The number of hydrogen-bond donors (Lipinski definition) is 1. The van der Waals surface area contributed by atoms with Crippen molar-refractivity contribution < 1.29 is 4.74 Å². The van der Waals surface area contributed by atoms with Crippen molar-refractivity contribution in [1.29, 1.82) is 0 Å². The lowest BCUT2D eigenvalue weighted by molar-refractivity contribution is 0.245. The molecule has 2 aromatic heterocycles. The van der Waals surface area contributed by atoms with E-state index in [4.69, 9.17) is 4.74 Å². The molecule has 0 amide bonds. The van der Waals surface area contributed by atoms with E-state index in [2.05, 4.69) is 20.9 Å². The minimum atomic E-state index is -0.349. The number of H-pyrrole nitrogens is 1. The van der Waals surface area contributed by atoms with Gasteiger partial charge in [-0.2, -0.15) is 0 Å². The topological polar surface area (TPSA) is 70.6 Å². The molecule has 1 aliphatic heterocycles. The zero-order chi connectivity index (χ0) is 22.8. The van der Waals surface area contributed by atoms with Crippen LogP contribution in [0.1, 0.15) is 0 Å². The number of piperazine rings is 1. The van der Waals surface area contributed by atoms with E-state index in [-0.39, 0.29) is 11.2 Å². The fourth-order valence-corrected chi connectivity index (χ4v) is 5.42. The minimum absolute atomic E-state index is 0.221. The molecule has 4 aromatic rings. The van der Waals surface area contributed by atoms with Crippen molar-refractivity contribution in [3.63, 3.8) is 0 Å². The van der Waals surface area contributed by atoms with Crippen LogP contribution >= 0.6 is 11.3 Å². The Labute approximate surface area is 195 Å². The molecule has 0 atom stereocenters. The molecule has 1 fully saturated rings. The number of ether oxygens (including phenoxy) is 1. The second-order valence-electron chi connectivity index (χ2n) is 8.11. The summed E-state index contributed by atoms with van der Waals surface area (Å²) in [5, 5.41) is 2.44. The average Bonchev–Trinajstić information content (AvgIpc) is 3.29. The SMILES string of the molecule is COc1ccccc1N1CCN(CCn2c(=O)[nH]c3csc(-c4ccccc4)c3c2=O)CC1. The first-order valence-electron chi connectivity index (χ1n) is 11.1. The van der Waals surface area contributed by atoms with Crippen LogP contribution in [0, 0.1) is 0 Å². The highest BCUT2D eigenvalue weighted by molar-refractivity contribution is 7.15. The molecule has 0 unspecified atom stereocenters. The van der Waals surface area contributed by atoms with Crippen LogP contribution in [0.3, 0.4) is 0 Å². The van der Waals surface area contributed by atoms with Crippen molar-refractivity contribution in [3.8, 4) is 16.2 Å². The Morgan fingerprint density at radius 3 is 2.42 bits per heavy atom. The Hall–Kier alpha value is -3.36. The Morgan fingerprint density at radius 2 is 1.67 bits per heavy atom. The first-order chi connectivity index (χ1) is 16.2. The van der Waals surface area contributed by atoms with Gasteiger partial charge < -0.3 is 14.6 Å². The summed E-state index contributed by atoms with van der Waals surface area (Å²) in [6, 6.07) is 17.9. The van der Waals surface area contributed by atoms with Crippen LogP contribution in [0.2, 0.25) is 0 Å². The molecule has 0 radical (unpaired) electrons. The molecule has 2 aromatic carbocycles. The summed E-state index contributed by atoms with van der Waals surface area (Å²) in [6.45, 7) is 4.48. The van der Waals surface area contributed by atoms with Crippen LogP contribution in [0.4, 0.5) is 5.69 Å². The van der Waals surface area contributed by atoms with Gasteiger partial charge in [0.15, 0.2) is 0 Å². The van der Waals surface area contributed by atoms with E-state index in [1.165, 1.54) is 15.9 Å². The van der Waals surface area contributed by atoms with Crippen molar-refractivity contribution in [1.82, 2.24) is 14.5 Å². The maximum Gasteiger partial charge on any atom is 0.328 e.